The maximum atomic E-state index is 13.2. The summed E-state index contributed by atoms with van der Waals surface area (Å²) in [6, 6.07) is 7.08. The normalized spacial score (nSPS) is 20.8. The van der Waals surface area contributed by atoms with Crippen LogP contribution in [0.15, 0.2) is 40.1 Å². The topological polar surface area (TPSA) is 75.4 Å². The molecule has 1 aromatic carbocycles. The van der Waals surface area contributed by atoms with Gasteiger partial charge in [-0.25, -0.2) is 14.2 Å². The molecule has 0 bridgehead atoms. The van der Waals surface area contributed by atoms with Crippen molar-refractivity contribution >= 4 is 34.4 Å². The number of thiophene rings is 1. The number of halogens is 1. The minimum atomic E-state index is -1.09. The molecule has 1 aliphatic rings. The van der Waals surface area contributed by atoms with Gasteiger partial charge < -0.3 is 9.73 Å². The lowest BCUT2D eigenvalue weighted by molar-refractivity contribution is -0.131. The lowest BCUT2D eigenvalue weighted by atomic mass is 10.0. The molecule has 122 valence electrons. The molecule has 2 aromatic heterocycles. The molecule has 8 heteroatoms. The molecule has 0 spiro atoms. The summed E-state index contributed by atoms with van der Waals surface area (Å²) in [4.78, 5) is 30.9. The molecule has 1 N–H and O–H groups in total. The quantitative estimate of drug-likeness (QED) is 0.741. The Morgan fingerprint density at radius 1 is 1.38 bits per heavy atom. The lowest BCUT2D eigenvalue weighted by Gasteiger charge is -2.19. The number of nitrogens with one attached hydrogen (secondary N) is 1. The fourth-order valence-corrected chi connectivity index (χ4v) is 3.56. The zero-order valence-corrected chi connectivity index (χ0v) is 13.4. The predicted octanol–water partition coefficient (Wildman–Crippen LogP) is 3.00. The smallest absolute Gasteiger partial charge is 0.325 e. The Kier molecular flexibility index (Phi) is 3.17. The van der Waals surface area contributed by atoms with E-state index >= 15 is 0 Å². The molecule has 1 atom stereocenters. The molecular weight excluding hydrogens is 333 g/mol. The molecular formula is C16H12FN3O3S. The fraction of sp³-hybridized carbons (Fsp3) is 0.188. The average molecular weight is 345 g/mol. The third-order valence-corrected chi connectivity index (χ3v) is 5.07. The predicted molar refractivity (Wildman–Crippen MR) is 84.7 cm³/mol. The fourth-order valence-electron chi connectivity index (χ4n) is 2.72. The van der Waals surface area contributed by atoms with Crippen molar-refractivity contribution in [3.05, 3.63) is 52.3 Å². The van der Waals surface area contributed by atoms with Crippen molar-refractivity contribution in [2.24, 2.45) is 0 Å². The van der Waals surface area contributed by atoms with Gasteiger partial charge in [0.05, 0.1) is 0 Å². The molecule has 0 aliphatic carbocycles. The van der Waals surface area contributed by atoms with Gasteiger partial charge >= 0.3 is 6.03 Å². The number of aromatic nitrogens is 1. The summed E-state index contributed by atoms with van der Waals surface area (Å²) in [6.07, 6.45) is 0. The minimum Gasteiger partial charge on any atom is -0.439 e. The molecule has 6 nitrogen and oxygen atoms in total. The molecule has 3 heterocycles. The van der Waals surface area contributed by atoms with Crippen LogP contribution in [-0.4, -0.2) is 21.8 Å². The van der Waals surface area contributed by atoms with Crippen LogP contribution in [0, 0.1) is 5.82 Å². The van der Waals surface area contributed by atoms with Gasteiger partial charge in [0.2, 0.25) is 5.89 Å². The number of carbonyl (C=O) groups is 2. The van der Waals surface area contributed by atoms with Gasteiger partial charge in [0.1, 0.15) is 17.9 Å². The van der Waals surface area contributed by atoms with Crippen LogP contribution in [0.1, 0.15) is 17.7 Å². The van der Waals surface area contributed by atoms with Crippen molar-refractivity contribution < 1.29 is 18.4 Å². The van der Waals surface area contributed by atoms with E-state index in [9.17, 15) is 14.0 Å². The number of benzene rings is 1. The van der Waals surface area contributed by atoms with Gasteiger partial charge in [0.25, 0.3) is 5.91 Å². The summed E-state index contributed by atoms with van der Waals surface area (Å²) in [7, 11) is 0. The van der Waals surface area contributed by atoms with Crippen LogP contribution in [0.25, 0.3) is 11.1 Å². The Bertz CT molecular complexity index is 953. The van der Waals surface area contributed by atoms with Gasteiger partial charge in [0.15, 0.2) is 11.1 Å². The average Bonchev–Trinajstić information content (AvgIpc) is 3.24. The van der Waals surface area contributed by atoms with Crippen molar-refractivity contribution in [3.63, 3.8) is 0 Å². The van der Waals surface area contributed by atoms with E-state index in [0.717, 1.165) is 9.78 Å². The van der Waals surface area contributed by atoms with Gasteiger partial charge in [0, 0.05) is 10.9 Å². The first kappa shape index (κ1) is 14.8. The van der Waals surface area contributed by atoms with Crippen molar-refractivity contribution in [1.82, 2.24) is 15.2 Å². The standard InChI is InChI=1S/C16H12FN3O3S/c1-16(12-3-2-6-24-12)14(21)20(15(22)19-16)8-13-18-10-7-9(17)4-5-11(10)23-13/h2-7H,8H2,1H3,(H,19,22)/t16-/m1/s1. The van der Waals surface area contributed by atoms with Crippen molar-refractivity contribution in [2.75, 3.05) is 0 Å². The van der Waals surface area contributed by atoms with Crippen LogP contribution >= 0.6 is 11.3 Å². The number of hydrogen-bond acceptors (Lipinski definition) is 5. The van der Waals surface area contributed by atoms with Crippen LogP contribution in [0.3, 0.4) is 0 Å². The van der Waals surface area contributed by atoms with Crippen LogP contribution in [-0.2, 0) is 16.9 Å². The summed E-state index contributed by atoms with van der Waals surface area (Å²) in [6.45, 7) is 1.56. The Hall–Kier alpha value is -2.74. The Labute approximate surface area is 139 Å². The highest BCUT2D eigenvalue weighted by molar-refractivity contribution is 7.10. The zero-order valence-electron chi connectivity index (χ0n) is 12.6. The summed E-state index contributed by atoms with van der Waals surface area (Å²) in [5, 5.41) is 4.56. The highest BCUT2D eigenvalue weighted by atomic mass is 32.1. The summed E-state index contributed by atoms with van der Waals surface area (Å²) in [5.74, 6) is -0.625. The third kappa shape index (κ3) is 2.18. The molecule has 0 radical (unpaired) electrons. The highest BCUT2D eigenvalue weighted by Gasteiger charge is 2.50. The van der Waals surface area contributed by atoms with Crippen LogP contribution in [0.4, 0.5) is 9.18 Å². The van der Waals surface area contributed by atoms with Gasteiger partial charge in [-0.1, -0.05) is 6.07 Å². The van der Waals surface area contributed by atoms with E-state index in [1.165, 1.54) is 29.5 Å². The zero-order chi connectivity index (χ0) is 16.9. The number of nitrogens with zero attached hydrogens (tertiary/aromatic N) is 2. The number of hydrogen-bond donors (Lipinski definition) is 1. The molecule has 1 saturated heterocycles. The first-order chi connectivity index (χ1) is 11.5. The summed E-state index contributed by atoms with van der Waals surface area (Å²) in [5.41, 5.74) is -0.346. The van der Waals surface area contributed by atoms with Crippen LogP contribution in [0.5, 0.6) is 0 Å². The lowest BCUT2D eigenvalue weighted by Crippen LogP contribution is -2.40. The number of amides is 3. The van der Waals surface area contributed by atoms with Gasteiger partial charge in [-0.05, 0) is 30.5 Å². The third-order valence-electron chi connectivity index (χ3n) is 3.98. The second-order valence-electron chi connectivity index (χ2n) is 5.64. The van der Waals surface area contributed by atoms with Crippen LogP contribution < -0.4 is 5.32 Å². The largest absolute Gasteiger partial charge is 0.439 e. The molecule has 3 amide bonds. The maximum Gasteiger partial charge on any atom is 0.325 e. The molecule has 4 rings (SSSR count). The number of carbonyl (C=O) groups excluding carboxylic acids is 2. The number of urea groups is 1. The molecule has 1 fully saturated rings. The first-order valence-corrected chi connectivity index (χ1v) is 8.08. The van der Waals surface area contributed by atoms with Crippen molar-refractivity contribution in [2.45, 2.75) is 19.0 Å². The number of oxazole rings is 1. The number of fused-ring (bicyclic) bond motifs is 1. The van der Waals surface area contributed by atoms with E-state index < -0.39 is 17.4 Å². The number of imide groups is 1. The minimum absolute atomic E-state index is 0.109. The monoisotopic (exact) mass is 345 g/mol. The van der Waals surface area contributed by atoms with Gasteiger partial charge in [-0.15, -0.1) is 11.3 Å². The van der Waals surface area contributed by atoms with E-state index in [-0.39, 0.29) is 18.3 Å². The van der Waals surface area contributed by atoms with E-state index in [4.69, 9.17) is 4.42 Å². The Morgan fingerprint density at radius 2 is 2.21 bits per heavy atom. The molecule has 24 heavy (non-hydrogen) atoms. The van der Waals surface area contributed by atoms with E-state index in [1.807, 2.05) is 11.4 Å². The van der Waals surface area contributed by atoms with Crippen molar-refractivity contribution in [3.8, 4) is 0 Å². The van der Waals surface area contributed by atoms with Gasteiger partial charge in [-0.2, -0.15) is 0 Å². The van der Waals surface area contributed by atoms with E-state index in [2.05, 4.69) is 10.3 Å². The van der Waals surface area contributed by atoms with Crippen LogP contribution in [0.2, 0.25) is 0 Å². The Balaban J connectivity index is 1.64. The Morgan fingerprint density at radius 3 is 2.96 bits per heavy atom. The SMILES string of the molecule is C[C@]1(c2cccs2)NC(=O)N(Cc2nc3cc(F)ccc3o2)C1=O. The van der Waals surface area contributed by atoms with E-state index in [0.29, 0.717) is 11.1 Å². The summed E-state index contributed by atoms with van der Waals surface area (Å²) >= 11 is 1.40. The van der Waals surface area contributed by atoms with Crippen molar-refractivity contribution in [1.29, 1.82) is 0 Å². The molecule has 0 unspecified atom stereocenters. The summed E-state index contributed by atoms with van der Waals surface area (Å²) < 4.78 is 18.7. The highest BCUT2D eigenvalue weighted by Crippen LogP contribution is 2.32. The molecule has 3 aromatic rings. The second kappa shape index (κ2) is 5.13. The maximum absolute atomic E-state index is 13.2. The second-order valence-corrected chi connectivity index (χ2v) is 6.59. The number of rotatable bonds is 3. The molecule has 0 saturated carbocycles. The first-order valence-electron chi connectivity index (χ1n) is 7.20. The molecule has 1 aliphatic heterocycles. The van der Waals surface area contributed by atoms with E-state index in [1.54, 1.807) is 13.0 Å². The van der Waals surface area contributed by atoms with Gasteiger partial charge in [-0.3, -0.25) is 9.69 Å².